The summed E-state index contributed by atoms with van der Waals surface area (Å²) in [4.78, 5) is 0. The number of nitrogen functional groups attached to an aromatic ring is 1. The first-order chi connectivity index (χ1) is 8.38. The molecule has 0 aliphatic carbocycles. The highest BCUT2D eigenvalue weighted by molar-refractivity contribution is 7.94. The minimum atomic E-state index is -3.62. The van der Waals surface area contributed by atoms with Crippen molar-refractivity contribution in [3.8, 4) is 0 Å². The molecule has 0 bridgehead atoms. The quantitative estimate of drug-likeness (QED) is 0.856. The molecule has 0 aliphatic rings. The van der Waals surface area contributed by atoms with Crippen molar-refractivity contribution < 1.29 is 8.42 Å². The van der Waals surface area contributed by atoms with Crippen LogP contribution in [-0.2, 0) is 10.0 Å². The number of benzene rings is 1. The maximum atomic E-state index is 12.0. The van der Waals surface area contributed by atoms with Crippen LogP contribution in [0.5, 0.6) is 0 Å². The summed E-state index contributed by atoms with van der Waals surface area (Å²) in [5.41, 5.74) is 7.49. The Morgan fingerprint density at radius 1 is 1.28 bits per heavy atom. The van der Waals surface area contributed by atoms with E-state index in [2.05, 4.69) is 4.72 Å². The molecule has 0 amide bonds. The Kier molecular flexibility index (Phi) is 3.52. The Bertz CT molecular complexity index is 680. The van der Waals surface area contributed by atoms with Crippen LogP contribution in [0, 0.1) is 6.92 Å². The van der Waals surface area contributed by atoms with Gasteiger partial charge in [0, 0.05) is 0 Å². The van der Waals surface area contributed by atoms with Crippen LogP contribution in [-0.4, -0.2) is 8.42 Å². The minimum absolute atomic E-state index is 0.160. The van der Waals surface area contributed by atoms with E-state index in [1.165, 1.54) is 6.07 Å². The van der Waals surface area contributed by atoms with Gasteiger partial charge in [-0.25, -0.2) is 8.42 Å². The topological polar surface area (TPSA) is 72.2 Å². The molecule has 0 saturated carbocycles. The standard InChI is InChI=1S/C11H11ClN2O2S2/c1-7-2-3-9(8(13)6-7)14-18(15,16)11-5-4-10(12)17-11/h2-6,14H,13H2,1H3. The van der Waals surface area contributed by atoms with Gasteiger partial charge in [-0.15, -0.1) is 11.3 Å². The van der Waals surface area contributed by atoms with Gasteiger partial charge in [0.2, 0.25) is 0 Å². The van der Waals surface area contributed by atoms with Crippen LogP contribution in [0.25, 0.3) is 0 Å². The number of hydrogen-bond donors (Lipinski definition) is 2. The Balaban J connectivity index is 2.33. The molecule has 0 fully saturated rings. The molecule has 0 spiro atoms. The largest absolute Gasteiger partial charge is 0.397 e. The molecule has 2 rings (SSSR count). The number of nitrogens with one attached hydrogen (secondary N) is 1. The van der Waals surface area contributed by atoms with Crippen LogP contribution < -0.4 is 10.5 Å². The lowest BCUT2D eigenvalue weighted by molar-refractivity contribution is 0.603. The number of halogens is 1. The molecule has 7 heteroatoms. The first-order valence-electron chi connectivity index (χ1n) is 5.03. The van der Waals surface area contributed by atoms with Gasteiger partial charge >= 0.3 is 0 Å². The summed E-state index contributed by atoms with van der Waals surface area (Å²) >= 11 is 6.72. The Morgan fingerprint density at radius 3 is 2.56 bits per heavy atom. The third-order valence-electron chi connectivity index (χ3n) is 2.26. The van der Waals surface area contributed by atoms with Gasteiger partial charge in [0.15, 0.2) is 0 Å². The number of rotatable bonds is 3. The molecule has 0 radical (unpaired) electrons. The van der Waals surface area contributed by atoms with Crippen LogP contribution in [0.15, 0.2) is 34.5 Å². The van der Waals surface area contributed by atoms with Gasteiger partial charge in [0.1, 0.15) is 4.21 Å². The smallest absolute Gasteiger partial charge is 0.271 e. The highest BCUT2D eigenvalue weighted by Gasteiger charge is 2.17. The van der Waals surface area contributed by atoms with Gasteiger partial charge in [0.05, 0.1) is 15.7 Å². The van der Waals surface area contributed by atoms with E-state index in [0.717, 1.165) is 16.9 Å². The summed E-state index contributed by atoms with van der Waals surface area (Å²) < 4.78 is 27.1. The van der Waals surface area contributed by atoms with Crippen molar-refractivity contribution in [1.82, 2.24) is 0 Å². The highest BCUT2D eigenvalue weighted by Crippen LogP contribution is 2.29. The first-order valence-corrected chi connectivity index (χ1v) is 7.70. The predicted molar refractivity (Wildman–Crippen MR) is 75.7 cm³/mol. The monoisotopic (exact) mass is 302 g/mol. The zero-order valence-corrected chi connectivity index (χ0v) is 11.9. The molecule has 0 aliphatic heterocycles. The second-order valence-electron chi connectivity index (χ2n) is 3.75. The predicted octanol–water partition coefficient (Wildman–Crippen LogP) is 3.09. The molecule has 1 heterocycles. The van der Waals surface area contributed by atoms with Gasteiger partial charge in [-0.3, -0.25) is 4.72 Å². The molecule has 0 atom stereocenters. The van der Waals surface area contributed by atoms with E-state index < -0.39 is 10.0 Å². The van der Waals surface area contributed by atoms with E-state index in [1.54, 1.807) is 24.3 Å². The fourth-order valence-electron chi connectivity index (χ4n) is 1.41. The zero-order chi connectivity index (χ0) is 13.3. The molecule has 2 aromatic rings. The van der Waals surface area contributed by atoms with Crippen molar-refractivity contribution in [2.24, 2.45) is 0 Å². The third-order valence-corrected chi connectivity index (χ3v) is 5.35. The molecule has 0 unspecified atom stereocenters. The number of hydrogen-bond acceptors (Lipinski definition) is 4. The summed E-state index contributed by atoms with van der Waals surface area (Å²) in [6.45, 7) is 1.88. The lowest BCUT2D eigenvalue weighted by Crippen LogP contribution is -2.12. The number of anilines is 2. The first kappa shape index (κ1) is 13.2. The second kappa shape index (κ2) is 4.79. The van der Waals surface area contributed by atoms with Crippen LogP contribution in [0.1, 0.15) is 5.56 Å². The molecule has 1 aromatic heterocycles. The van der Waals surface area contributed by atoms with Gasteiger partial charge in [-0.2, -0.15) is 0 Å². The van der Waals surface area contributed by atoms with E-state index in [-0.39, 0.29) is 4.21 Å². The fourth-order valence-corrected chi connectivity index (χ4v) is 3.98. The summed E-state index contributed by atoms with van der Waals surface area (Å²) in [5, 5.41) is 0. The fraction of sp³-hybridized carbons (Fsp3) is 0.0909. The van der Waals surface area contributed by atoms with Crippen LogP contribution in [0.2, 0.25) is 4.34 Å². The van der Waals surface area contributed by atoms with Crippen LogP contribution in [0.3, 0.4) is 0 Å². The SMILES string of the molecule is Cc1ccc(NS(=O)(=O)c2ccc(Cl)s2)c(N)c1. The van der Waals surface area contributed by atoms with Crippen LogP contribution >= 0.6 is 22.9 Å². The van der Waals surface area contributed by atoms with Crippen molar-refractivity contribution in [3.05, 3.63) is 40.2 Å². The Labute approximate surface area is 114 Å². The van der Waals surface area contributed by atoms with E-state index in [4.69, 9.17) is 17.3 Å². The van der Waals surface area contributed by atoms with Crippen molar-refractivity contribution in [3.63, 3.8) is 0 Å². The molecule has 1 aromatic carbocycles. The van der Waals surface area contributed by atoms with Gasteiger partial charge in [-0.05, 0) is 36.8 Å². The molecule has 18 heavy (non-hydrogen) atoms. The number of aryl methyl sites for hydroxylation is 1. The Hall–Kier alpha value is -1.24. The van der Waals surface area contributed by atoms with Crippen molar-refractivity contribution in [2.75, 3.05) is 10.5 Å². The van der Waals surface area contributed by atoms with Gasteiger partial charge < -0.3 is 5.73 Å². The van der Waals surface area contributed by atoms with Crippen molar-refractivity contribution in [1.29, 1.82) is 0 Å². The molecule has 4 nitrogen and oxygen atoms in total. The van der Waals surface area contributed by atoms with Crippen molar-refractivity contribution in [2.45, 2.75) is 11.1 Å². The van der Waals surface area contributed by atoms with Crippen LogP contribution in [0.4, 0.5) is 11.4 Å². The average Bonchev–Trinajstić information content (AvgIpc) is 2.70. The summed E-state index contributed by atoms with van der Waals surface area (Å²) in [6.07, 6.45) is 0. The molecule has 3 N–H and O–H groups in total. The highest BCUT2D eigenvalue weighted by atomic mass is 35.5. The lowest BCUT2D eigenvalue weighted by Gasteiger charge is -2.09. The Morgan fingerprint density at radius 2 is 2.00 bits per heavy atom. The normalized spacial score (nSPS) is 11.4. The lowest BCUT2D eigenvalue weighted by atomic mass is 10.2. The maximum absolute atomic E-state index is 12.0. The third kappa shape index (κ3) is 2.77. The van der Waals surface area contributed by atoms with Gasteiger partial charge in [0.25, 0.3) is 10.0 Å². The molecule has 0 saturated heterocycles. The summed E-state index contributed by atoms with van der Waals surface area (Å²) in [6, 6.07) is 8.13. The van der Waals surface area contributed by atoms with Gasteiger partial charge in [-0.1, -0.05) is 17.7 Å². The number of sulfonamides is 1. The molecular formula is C11H11ClN2O2S2. The van der Waals surface area contributed by atoms with E-state index in [9.17, 15) is 8.42 Å². The summed E-state index contributed by atoms with van der Waals surface area (Å²) in [7, 11) is -3.62. The van der Waals surface area contributed by atoms with E-state index in [0.29, 0.717) is 15.7 Å². The average molecular weight is 303 g/mol. The second-order valence-corrected chi connectivity index (χ2v) is 7.38. The number of thiophene rings is 1. The van der Waals surface area contributed by atoms with E-state index in [1.807, 2.05) is 6.92 Å². The van der Waals surface area contributed by atoms with Crippen molar-refractivity contribution >= 4 is 44.3 Å². The molecular weight excluding hydrogens is 292 g/mol. The summed E-state index contributed by atoms with van der Waals surface area (Å²) in [5.74, 6) is 0. The maximum Gasteiger partial charge on any atom is 0.271 e. The molecule has 96 valence electrons. The zero-order valence-electron chi connectivity index (χ0n) is 9.48. The minimum Gasteiger partial charge on any atom is -0.397 e. The van der Waals surface area contributed by atoms with E-state index >= 15 is 0 Å². The number of nitrogens with two attached hydrogens (primary N) is 1.